The van der Waals surface area contributed by atoms with Gasteiger partial charge in [-0.3, -0.25) is 4.79 Å². The van der Waals surface area contributed by atoms with Crippen LogP contribution < -0.4 is 20.4 Å². The molecule has 2 N–H and O–H groups in total. The number of rotatable bonds is 4. The number of aromatic carboxylic acids is 1. The van der Waals surface area contributed by atoms with Gasteiger partial charge in [0.05, 0.1) is 18.0 Å². The number of carboxylic acid groups (broad SMARTS) is 1. The zero-order valence-corrected chi connectivity index (χ0v) is 18.1. The minimum Gasteiger partial charge on any atom is -0.492 e. The molecule has 2 atom stereocenters. The van der Waals surface area contributed by atoms with Crippen molar-refractivity contribution >= 4 is 22.6 Å². The molecule has 31 heavy (non-hydrogen) atoms. The van der Waals surface area contributed by atoms with E-state index in [4.69, 9.17) is 4.74 Å². The summed E-state index contributed by atoms with van der Waals surface area (Å²) >= 11 is 0. The van der Waals surface area contributed by atoms with Crippen LogP contribution in [0, 0.1) is 25.6 Å². The molecule has 1 saturated carbocycles. The molecule has 3 fully saturated rings. The first-order chi connectivity index (χ1) is 14.8. The quantitative estimate of drug-likeness (QED) is 0.778. The Morgan fingerprint density at radius 1 is 1.23 bits per heavy atom. The molecule has 2 aromatic rings. The number of aromatic nitrogens is 1. The Morgan fingerprint density at radius 3 is 2.58 bits per heavy atom. The highest BCUT2D eigenvalue weighted by atomic mass is 19.1. The van der Waals surface area contributed by atoms with E-state index in [0.29, 0.717) is 41.2 Å². The van der Waals surface area contributed by atoms with Gasteiger partial charge in [0.2, 0.25) is 5.43 Å². The van der Waals surface area contributed by atoms with Gasteiger partial charge in [-0.2, -0.15) is 0 Å². The number of methoxy groups -OCH3 is 1. The number of pyridine rings is 1. The van der Waals surface area contributed by atoms with E-state index in [9.17, 15) is 14.7 Å². The fourth-order valence-corrected chi connectivity index (χ4v) is 5.62. The monoisotopic (exact) mass is 429 g/mol. The number of carbonyl (C=O) groups is 1. The summed E-state index contributed by atoms with van der Waals surface area (Å²) in [7, 11) is 1.50. The van der Waals surface area contributed by atoms with Gasteiger partial charge in [-0.15, -0.1) is 0 Å². The Bertz CT molecular complexity index is 1140. The first-order valence-corrected chi connectivity index (χ1v) is 11.0. The molecule has 7 nitrogen and oxygen atoms in total. The van der Waals surface area contributed by atoms with Crippen molar-refractivity contribution in [2.24, 2.45) is 5.92 Å². The second-order valence-electron chi connectivity index (χ2n) is 9.11. The van der Waals surface area contributed by atoms with Crippen molar-refractivity contribution in [3.05, 3.63) is 32.9 Å². The van der Waals surface area contributed by atoms with Gasteiger partial charge in [-0.25, -0.2) is 9.18 Å². The SMILES string of the molecule is COc1c(N2CC3CCCNC3C2)c(F)c(C)c2c(=O)c(C(=O)O)c(C)n(C3CC3)c12. The Morgan fingerprint density at radius 2 is 1.97 bits per heavy atom. The van der Waals surface area contributed by atoms with E-state index < -0.39 is 17.2 Å². The molecular formula is C23H28FN3O4. The number of piperidine rings is 1. The summed E-state index contributed by atoms with van der Waals surface area (Å²) in [6.07, 6.45) is 4.01. The van der Waals surface area contributed by atoms with Gasteiger partial charge in [0.25, 0.3) is 0 Å². The molecule has 1 aromatic heterocycles. The summed E-state index contributed by atoms with van der Waals surface area (Å²) < 4.78 is 23.5. The predicted molar refractivity (Wildman–Crippen MR) is 116 cm³/mol. The van der Waals surface area contributed by atoms with Crippen LogP contribution in [0.15, 0.2) is 4.79 Å². The van der Waals surface area contributed by atoms with E-state index in [1.54, 1.807) is 13.8 Å². The van der Waals surface area contributed by atoms with Crippen LogP contribution in [0.3, 0.4) is 0 Å². The molecule has 0 radical (unpaired) electrons. The first-order valence-electron chi connectivity index (χ1n) is 11.0. The zero-order valence-electron chi connectivity index (χ0n) is 18.1. The molecule has 3 aliphatic rings. The maximum atomic E-state index is 15.8. The molecule has 2 aliphatic heterocycles. The summed E-state index contributed by atoms with van der Waals surface area (Å²) in [6.45, 7) is 5.62. The van der Waals surface area contributed by atoms with Crippen molar-refractivity contribution in [2.75, 3.05) is 31.6 Å². The van der Waals surface area contributed by atoms with Crippen molar-refractivity contribution in [3.63, 3.8) is 0 Å². The van der Waals surface area contributed by atoms with Gasteiger partial charge >= 0.3 is 5.97 Å². The van der Waals surface area contributed by atoms with E-state index in [0.717, 1.165) is 38.8 Å². The minimum absolute atomic E-state index is 0.0932. The highest BCUT2D eigenvalue weighted by Gasteiger charge is 2.39. The molecule has 0 bridgehead atoms. The van der Waals surface area contributed by atoms with Crippen LogP contribution in [-0.4, -0.2) is 48.4 Å². The molecule has 1 aromatic carbocycles. The number of halogens is 1. The number of benzene rings is 1. The number of carboxylic acids is 1. The molecule has 5 rings (SSSR count). The van der Waals surface area contributed by atoms with Crippen LogP contribution in [0.5, 0.6) is 5.75 Å². The average Bonchev–Trinajstić information content (AvgIpc) is 3.47. The van der Waals surface area contributed by atoms with Gasteiger partial charge in [0, 0.05) is 36.4 Å². The van der Waals surface area contributed by atoms with Crippen molar-refractivity contribution in [1.29, 1.82) is 0 Å². The number of nitrogens with one attached hydrogen (secondary N) is 1. The molecule has 2 saturated heterocycles. The smallest absolute Gasteiger partial charge is 0.341 e. The minimum atomic E-state index is -1.28. The summed E-state index contributed by atoms with van der Waals surface area (Å²) in [5.74, 6) is -0.990. The normalized spacial score (nSPS) is 23.3. The molecule has 0 spiro atoms. The molecule has 0 amide bonds. The molecule has 3 heterocycles. The highest BCUT2D eigenvalue weighted by molar-refractivity contribution is 6.00. The fraction of sp³-hybridized carbons (Fsp3) is 0.565. The Labute approximate surface area is 179 Å². The standard InChI is InChI=1S/C23H28FN3O4/c1-11-16-19(27(14-6-7-14)12(2)17(21(16)28)23(29)30)22(31-3)20(18(11)24)26-9-13-5-4-8-25-15(13)10-26/h13-15,25H,4-10H2,1-3H3,(H,29,30). The highest BCUT2D eigenvalue weighted by Crippen LogP contribution is 2.47. The first kappa shape index (κ1) is 20.3. The van der Waals surface area contributed by atoms with Crippen molar-refractivity contribution in [2.45, 2.75) is 51.6 Å². The van der Waals surface area contributed by atoms with Crippen LogP contribution >= 0.6 is 0 Å². The number of nitrogens with zero attached hydrogens (tertiary/aromatic N) is 2. The maximum absolute atomic E-state index is 15.8. The van der Waals surface area contributed by atoms with E-state index in [-0.39, 0.29) is 22.6 Å². The summed E-state index contributed by atoms with van der Waals surface area (Å²) in [5, 5.41) is 13.4. The summed E-state index contributed by atoms with van der Waals surface area (Å²) in [4.78, 5) is 27.2. The number of hydrogen-bond acceptors (Lipinski definition) is 5. The van der Waals surface area contributed by atoms with E-state index >= 15 is 4.39 Å². The number of aryl methyl sites for hydroxylation is 1. The lowest BCUT2D eigenvalue weighted by atomic mass is 9.94. The van der Waals surface area contributed by atoms with Crippen molar-refractivity contribution in [1.82, 2.24) is 9.88 Å². The molecule has 8 heteroatoms. The lowest BCUT2D eigenvalue weighted by Crippen LogP contribution is -2.40. The van der Waals surface area contributed by atoms with Gasteiger partial charge in [-0.05, 0) is 52.0 Å². The van der Waals surface area contributed by atoms with Crippen molar-refractivity contribution < 1.29 is 19.0 Å². The summed E-state index contributed by atoms with van der Waals surface area (Å²) in [5.41, 5.74) is 0.576. The predicted octanol–water partition coefficient (Wildman–Crippen LogP) is 2.99. The molecule has 166 valence electrons. The molecule has 1 aliphatic carbocycles. The average molecular weight is 429 g/mol. The second kappa shape index (κ2) is 7.22. The molecule has 2 unspecified atom stereocenters. The fourth-order valence-electron chi connectivity index (χ4n) is 5.62. The largest absolute Gasteiger partial charge is 0.492 e. The molecular weight excluding hydrogens is 401 g/mol. The van der Waals surface area contributed by atoms with Crippen molar-refractivity contribution in [3.8, 4) is 5.75 Å². The number of ether oxygens (including phenoxy) is 1. The van der Waals surface area contributed by atoms with E-state index in [1.165, 1.54) is 7.11 Å². The maximum Gasteiger partial charge on any atom is 0.341 e. The van der Waals surface area contributed by atoms with Gasteiger partial charge < -0.3 is 24.6 Å². The van der Waals surface area contributed by atoms with Crippen LogP contribution in [0.1, 0.15) is 53.3 Å². The van der Waals surface area contributed by atoms with E-state index in [2.05, 4.69) is 5.32 Å². The second-order valence-corrected chi connectivity index (χ2v) is 9.11. The topological polar surface area (TPSA) is 83.8 Å². The third kappa shape index (κ3) is 2.95. The Kier molecular flexibility index (Phi) is 4.73. The van der Waals surface area contributed by atoms with Crippen LogP contribution in [0.4, 0.5) is 10.1 Å². The van der Waals surface area contributed by atoms with Crippen LogP contribution in [-0.2, 0) is 0 Å². The lowest BCUT2D eigenvalue weighted by Gasteiger charge is -2.27. The number of fused-ring (bicyclic) bond motifs is 2. The Hall–Kier alpha value is -2.61. The van der Waals surface area contributed by atoms with E-state index in [1.807, 2.05) is 9.47 Å². The third-order valence-corrected chi connectivity index (χ3v) is 7.24. The number of anilines is 1. The summed E-state index contributed by atoms with van der Waals surface area (Å²) in [6, 6.07) is 0.409. The van der Waals surface area contributed by atoms with Crippen LogP contribution in [0.2, 0.25) is 0 Å². The Balaban J connectivity index is 1.82. The zero-order chi connectivity index (χ0) is 22.0. The van der Waals surface area contributed by atoms with Gasteiger partial charge in [0.15, 0.2) is 11.6 Å². The lowest BCUT2D eigenvalue weighted by molar-refractivity contribution is 0.0694. The van der Waals surface area contributed by atoms with Gasteiger partial charge in [-0.1, -0.05) is 0 Å². The third-order valence-electron chi connectivity index (χ3n) is 7.24. The van der Waals surface area contributed by atoms with Gasteiger partial charge in [0.1, 0.15) is 11.3 Å². The van der Waals surface area contributed by atoms with Crippen LogP contribution in [0.25, 0.3) is 10.9 Å². The number of hydrogen-bond donors (Lipinski definition) is 2.